The van der Waals surface area contributed by atoms with Crippen LogP contribution in [-0.4, -0.2) is 27.5 Å². The van der Waals surface area contributed by atoms with Crippen LogP contribution in [0, 0.1) is 6.92 Å². The quantitative estimate of drug-likeness (QED) is 0.471. The average molecular weight is 493 g/mol. The van der Waals surface area contributed by atoms with Crippen LogP contribution in [0.4, 0.5) is 5.69 Å². The highest BCUT2D eigenvalue weighted by Gasteiger charge is 2.29. The molecule has 0 heterocycles. The summed E-state index contributed by atoms with van der Waals surface area (Å²) >= 11 is 12.2. The van der Waals surface area contributed by atoms with Crippen LogP contribution in [0.1, 0.15) is 11.1 Å². The van der Waals surface area contributed by atoms with Crippen molar-refractivity contribution in [3.05, 3.63) is 87.9 Å². The van der Waals surface area contributed by atoms with Crippen LogP contribution in [0.15, 0.2) is 71.6 Å². The van der Waals surface area contributed by atoms with Gasteiger partial charge in [0.25, 0.3) is 0 Å². The van der Waals surface area contributed by atoms with Gasteiger partial charge in [0.1, 0.15) is 16.7 Å². The Morgan fingerprint density at radius 2 is 1.75 bits per heavy atom. The molecule has 0 fully saturated rings. The van der Waals surface area contributed by atoms with Gasteiger partial charge < -0.3 is 10.1 Å². The van der Waals surface area contributed by atoms with E-state index in [4.69, 9.17) is 27.9 Å². The van der Waals surface area contributed by atoms with Gasteiger partial charge in [-0.25, -0.2) is 8.42 Å². The standard InChI is InChI=1S/C23H22Cl2N2O4S/c1-15-18(25)9-6-10-19(15)26-23(28)20(13-16-7-4-3-5-8-16)27-32(29,30)22-14-17(24)11-12-21(22)31-2/h3-12,14,20,27H,13H2,1-2H3,(H,26,28). The first-order chi connectivity index (χ1) is 15.2. The first-order valence-corrected chi connectivity index (χ1v) is 11.9. The summed E-state index contributed by atoms with van der Waals surface area (Å²) in [6.07, 6.45) is 0.133. The van der Waals surface area contributed by atoms with E-state index in [1.165, 1.54) is 25.3 Å². The molecular weight excluding hydrogens is 471 g/mol. The highest BCUT2D eigenvalue weighted by atomic mass is 35.5. The minimum Gasteiger partial charge on any atom is -0.495 e. The molecule has 6 nitrogen and oxygen atoms in total. The number of benzene rings is 3. The van der Waals surface area contributed by atoms with Gasteiger partial charge in [0, 0.05) is 15.7 Å². The SMILES string of the molecule is COc1ccc(Cl)cc1S(=O)(=O)NC(Cc1ccccc1)C(=O)Nc1cccc(Cl)c1C. The first-order valence-electron chi connectivity index (χ1n) is 9.67. The molecule has 0 aliphatic rings. The number of hydrogen-bond acceptors (Lipinski definition) is 4. The maximum Gasteiger partial charge on any atom is 0.245 e. The number of rotatable bonds is 8. The fourth-order valence-electron chi connectivity index (χ4n) is 3.11. The van der Waals surface area contributed by atoms with Gasteiger partial charge in [-0.15, -0.1) is 0 Å². The van der Waals surface area contributed by atoms with Crippen LogP contribution in [0.25, 0.3) is 0 Å². The molecule has 32 heavy (non-hydrogen) atoms. The summed E-state index contributed by atoms with van der Waals surface area (Å²) in [5.41, 5.74) is 1.97. The van der Waals surface area contributed by atoms with Crippen LogP contribution >= 0.6 is 23.2 Å². The minimum absolute atomic E-state index is 0.117. The summed E-state index contributed by atoms with van der Waals surface area (Å²) in [7, 11) is -2.79. The van der Waals surface area contributed by atoms with Gasteiger partial charge in [-0.3, -0.25) is 4.79 Å². The molecule has 168 valence electrons. The van der Waals surface area contributed by atoms with E-state index in [0.29, 0.717) is 16.3 Å². The van der Waals surface area contributed by atoms with Crippen LogP contribution in [0.5, 0.6) is 5.75 Å². The van der Waals surface area contributed by atoms with Crippen molar-refractivity contribution in [3.8, 4) is 5.75 Å². The molecule has 0 spiro atoms. The summed E-state index contributed by atoms with van der Waals surface area (Å²) in [5, 5.41) is 3.50. The van der Waals surface area contributed by atoms with Gasteiger partial charge in [-0.2, -0.15) is 4.72 Å². The molecule has 0 saturated heterocycles. The zero-order chi connectivity index (χ0) is 23.3. The van der Waals surface area contributed by atoms with Crippen LogP contribution in [0.3, 0.4) is 0 Å². The maximum absolute atomic E-state index is 13.2. The second-order valence-corrected chi connectivity index (χ2v) is 9.59. The van der Waals surface area contributed by atoms with Crippen molar-refractivity contribution in [2.45, 2.75) is 24.3 Å². The van der Waals surface area contributed by atoms with E-state index >= 15 is 0 Å². The number of nitrogens with one attached hydrogen (secondary N) is 2. The van der Waals surface area contributed by atoms with Crippen molar-refractivity contribution in [2.24, 2.45) is 0 Å². The molecule has 1 atom stereocenters. The monoisotopic (exact) mass is 492 g/mol. The molecule has 0 aliphatic carbocycles. The molecule has 3 rings (SSSR count). The lowest BCUT2D eigenvalue weighted by Gasteiger charge is -2.20. The molecule has 9 heteroatoms. The molecule has 0 radical (unpaired) electrons. The second-order valence-electron chi connectivity index (χ2n) is 7.06. The third-order valence-corrected chi connectivity index (χ3v) is 6.97. The van der Waals surface area contributed by atoms with Gasteiger partial charge in [0.2, 0.25) is 15.9 Å². The third kappa shape index (κ3) is 5.81. The van der Waals surface area contributed by atoms with E-state index in [1.54, 1.807) is 25.1 Å². The van der Waals surface area contributed by atoms with Crippen molar-refractivity contribution < 1.29 is 17.9 Å². The van der Waals surface area contributed by atoms with Crippen molar-refractivity contribution in [1.29, 1.82) is 0 Å². The van der Waals surface area contributed by atoms with Crippen molar-refractivity contribution >= 4 is 44.8 Å². The number of carbonyl (C=O) groups is 1. The van der Waals surface area contributed by atoms with Crippen LogP contribution < -0.4 is 14.8 Å². The highest BCUT2D eigenvalue weighted by molar-refractivity contribution is 7.89. The molecule has 3 aromatic carbocycles. The van der Waals surface area contributed by atoms with Crippen molar-refractivity contribution in [3.63, 3.8) is 0 Å². The molecule has 0 aliphatic heterocycles. The Morgan fingerprint density at radius 3 is 2.44 bits per heavy atom. The van der Waals surface area contributed by atoms with Crippen molar-refractivity contribution in [2.75, 3.05) is 12.4 Å². The summed E-state index contributed by atoms with van der Waals surface area (Å²) < 4.78 is 34.1. The molecule has 0 bridgehead atoms. The number of ether oxygens (including phenoxy) is 1. The predicted molar refractivity (Wildman–Crippen MR) is 127 cm³/mol. The normalized spacial score (nSPS) is 12.2. The van der Waals surface area contributed by atoms with Gasteiger partial charge in [-0.1, -0.05) is 59.6 Å². The highest BCUT2D eigenvalue weighted by Crippen LogP contribution is 2.28. The second kappa shape index (κ2) is 10.4. The number of carbonyl (C=O) groups excluding carboxylic acids is 1. The van der Waals surface area contributed by atoms with E-state index in [1.807, 2.05) is 30.3 Å². The fourth-order valence-corrected chi connectivity index (χ4v) is 4.91. The minimum atomic E-state index is -4.15. The average Bonchev–Trinajstić information content (AvgIpc) is 2.77. The smallest absolute Gasteiger partial charge is 0.245 e. The lowest BCUT2D eigenvalue weighted by atomic mass is 10.1. The topological polar surface area (TPSA) is 84.5 Å². The Kier molecular flexibility index (Phi) is 7.79. The van der Waals surface area contributed by atoms with E-state index in [2.05, 4.69) is 10.0 Å². The number of anilines is 1. The Balaban J connectivity index is 1.95. The van der Waals surface area contributed by atoms with Gasteiger partial charge in [-0.05, 0) is 54.8 Å². The molecule has 0 aromatic heterocycles. The van der Waals surface area contributed by atoms with Crippen molar-refractivity contribution in [1.82, 2.24) is 4.72 Å². The lowest BCUT2D eigenvalue weighted by molar-refractivity contribution is -0.117. The lowest BCUT2D eigenvalue weighted by Crippen LogP contribution is -2.45. The van der Waals surface area contributed by atoms with Gasteiger partial charge in [0.15, 0.2) is 0 Å². The Hall–Kier alpha value is -2.58. The summed E-state index contributed by atoms with van der Waals surface area (Å²) in [6, 6.07) is 17.4. The maximum atomic E-state index is 13.2. The molecule has 3 aromatic rings. The summed E-state index contributed by atoms with van der Waals surface area (Å²) in [6.45, 7) is 1.77. The molecular formula is C23H22Cl2N2O4S. The molecule has 0 saturated carbocycles. The Bertz CT molecular complexity index is 1220. The zero-order valence-electron chi connectivity index (χ0n) is 17.4. The number of amides is 1. The van der Waals surface area contributed by atoms with E-state index in [0.717, 1.165) is 5.56 Å². The Labute approximate surface area is 197 Å². The summed E-state index contributed by atoms with van der Waals surface area (Å²) in [5.74, 6) is -0.407. The number of hydrogen-bond donors (Lipinski definition) is 2. The number of halogens is 2. The fraction of sp³-hybridized carbons (Fsp3) is 0.174. The summed E-state index contributed by atoms with van der Waals surface area (Å²) in [4.78, 5) is 13.0. The predicted octanol–water partition coefficient (Wildman–Crippen LogP) is 4.84. The van der Waals surface area contributed by atoms with Crippen LogP contribution in [-0.2, 0) is 21.2 Å². The van der Waals surface area contributed by atoms with E-state index in [-0.39, 0.29) is 22.1 Å². The number of sulfonamides is 1. The zero-order valence-corrected chi connectivity index (χ0v) is 19.8. The van der Waals surface area contributed by atoms with E-state index in [9.17, 15) is 13.2 Å². The largest absolute Gasteiger partial charge is 0.495 e. The Morgan fingerprint density at radius 1 is 1.03 bits per heavy atom. The van der Waals surface area contributed by atoms with Crippen LogP contribution in [0.2, 0.25) is 10.0 Å². The van der Waals surface area contributed by atoms with Gasteiger partial charge in [0.05, 0.1) is 7.11 Å². The number of methoxy groups -OCH3 is 1. The molecule has 2 N–H and O–H groups in total. The van der Waals surface area contributed by atoms with E-state index < -0.39 is 22.0 Å². The first kappa shape index (κ1) is 24.1. The van der Waals surface area contributed by atoms with Gasteiger partial charge >= 0.3 is 0 Å². The third-order valence-electron chi connectivity index (χ3n) is 4.84. The molecule has 1 amide bonds. The molecule has 1 unspecified atom stereocenters.